The SMILES string of the molecule is CCCNC(=S)Nc1nc(C)cc(N2CCCC2)n1. The topological polar surface area (TPSA) is 53.1 Å². The molecule has 1 fully saturated rings. The quantitative estimate of drug-likeness (QED) is 0.823. The molecule has 0 spiro atoms. The Morgan fingerprint density at radius 3 is 2.79 bits per heavy atom. The van der Waals surface area contributed by atoms with Crippen molar-refractivity contribution in [3.05, 3.63) is 11.8 Å². The van der Waals surface area contributed by atoms with Crippen molar-refractivity contribution >= 4 is 29.1 Å². The minimum Gasteiger partial charge on any atom is -0.362 e. The first-order chi connectivity index (χ1) is 9.19. The lowest BCUT2D eigenvalue weighted by Crippen LogP contribution is -2.30. The molecule has 1 aliphatic rings. The highest BCUT2D eigenvalue weighted by molar-refractivity contribution is 7.80. The minimum absolute atomic E-state index is 0.579. The molecule has 0 amide bonds. The molecule has 0 bridgehead atoms. The van der Waals surface area contributed by atoms with E-state index >= 15 is 0 Å². The summed E-state index contributed by atoms with van der Waals surface area (Å²) in [5.74, 6) is 1.57. The smallest absolute Gasteiger partial charge is 0.231 e. The summed E-state index contributed by atoms with van der Waals surface area (Å²) in [6.45, 7) is 7.10. The standard InChI is InChI=1S/C13H21N5S/c1-3-6-14-13(19)17-12-15-10(2)9-11(16-12)18-7-4-5-8-18/h9H,3-8H2,1-2H3,(H2,14,15,16,17,19). The molecule has 6 heteroatoms. The van der Waals surface area contributed by atoms with Crippen LogP contribution in [0.5, 0.6) is 0 Å². The van der Waals surface area contributed by atoms with Crippen molar-refractivity contribution < 1.29 is 0 Å². The van der Waals surface area contributed by atoms with E-state index in [0.29, 0.717) is 11.1 Å². The predicted molar refractivity (Wildman–Crippen MR) is 82.7 cm³/mol. The number of hydrogen-bond donors (Lipinski definition) is 2. The number of hydrogen-bond acceptors (Lipinski definition) is 4. The predicted octanol–water partition coefficient (Wildman–Crippen LogP) is 2.08. The highest BCUT2D eigenvalue weighted by Gasteiger charge is 2.15. The molecular weight excluding hydrogens is 258 g/mol. The van der Waals surface area contributed by atoms with Gasteiger partial charge in [0.1, 0.15) is 5.82 Å². The summed E-state index contributed by atoms with van der Waals surface area (Å²) in [4.78, 5) is 11.2. The molecular formula is C13H21N5S. The second kappa shape index (κ2) is 6.65. The van der Waals surface area contributed by atoms with E-state index in [9.17, 15) is 0 Å². The van der Waals surface area contributed by atoms with Crippen LogP contribution in [-0.2, 0) is 0 Å². The van der Waals surface area contributed by atoms with Crippen LogP contribution in [0.25, 0.3) is 0 Å². The largest absolute Gasteiger partial charge is 0.362 e. The van der Waals surface area contributed by atoms with Crippen molar-refractivity contribution in [2.45, 2.75) is 33.1 Å². The third kappa shape index (κ3) is 4.02. The lowest BCUT2D eigenvalue weighted by atomic mass is 10.4. The van der Waals surface area contributed by atoms with Gasteiger partial charge in [0.05, 0.1) is 0 Å². The number of aromatic nitrogens is 2. The third-order valence-electron chi connectivity index (χ3n) is 3.03. The molecule has 0 unspecified atom stereocenters. The number of nitrogens with zero attached hydrogens (tertiary/aromatic N) is 3. The lowest BCUT2D eigenvalue weighted by molar-refractivity contribution is 0.845. The van der Waals surface area contributed by atoms with Gasteiger partial charge in [-0.05, 0) is 38.4 Å². The first-order valence-corrected chi connectivity index (χ1v) is 7.25. The van der Waals surface area contributed by atoms with Crippen molar-refractivity contribution in [1.82, 2.24) is 15.3 Å². The Hall–Kier alpha value is -1.43. The number of thiocarbonyl (C=S) groups is 1. The zero-order valence-corrected chi connectivity index (χ0v) is 12.4. The van der Waals surface area contributed by atoms with Crippen LogP contribution in [0.3, 0.4) is 0 Å². The van der Waals surface area contributed by atoms with E-state index in [1.54, 1.807) is 0 Å². The third-order valence-corrected chi connectivity index (χ3v) is 3.28. The van der Waals surface area contributed by atoms with Crippen molar-refractivity contribution in [3.63, 3.8) is 0 Å². The molecule has 5 nitrogen and oxygen atoms in total. The highest BCUT2D eigenvalue weighted by Crippen LogP contribution is 2.19. The normalized spacial score (nSPS) is 14.5. The van der Waals surface area contributed by atoms with Crippen LogP contribution in [0.4, 0.5) is 11.8 Å². The summed E-state index contributed by atoms with van der Waals surface area (Å²) >= 11 is 5.21. The van der Waals surface area contributed by atoms with Gasteiger partial charge >= 0.3 is 0 Å². The summed E-state index contributed by atoms with van der Waals surface area (Å²) in [6, 6.07) is 2.03. The van der Waals surface area contributed by atoms with Gasteiger partial charge in [-0.3, -0.25) is 0 Å². The maximum absolute atomic E-state index is 5.21. The maximum atomic E-state index is 5.21. The summed E-state index contributed by atoms with van der Waals surface area (Å²) < 4.78 is 0. The van der Waals surface area contributed by atoms with Crippen molar-refractivity contribution in [2.75, 3.05) is 29.9 Å². The van der Waals surface area contributed by atoms with Gasteiger partial charge in [0.15, 0.2) is 5.11 Å². The fraction of sp³-hybridized carbons (Fsp3) is 0.615. The molecule has 1 aliphatic heterocycles. The van der Waals surface area contributed by atoms with Crippen LogP contribution in [0.1, 0.15) is 31.9 Å². The average Bonchev–Trinajstić information content (AvgIpc) is 2.89. The van der Waals surface area contributed by atoms with Gasteiger partial charge in [0.2, 0.25) is 5.95 Å². The van der Waals surface area contributed by atoms with E-state index in [1.165, 1.54) is 12.8 Å². The molecule has 2 rings (SSSR count). The Balaban J connectivity index is 2.05. The Bertz CT molecular complexity index is 443. The second-order valence-corrected chi connectivity index (χ2v) is 5.17. The minimum atomic E-state index is 0.579. The van der Waals surface area contributed by atoms with Crippen LogP contribution in [0.2, 0.25) is 0 Å². The molecule has 0 saturated carbocycles. The van der Waals surface area contributed by atoms with E-state index in [-0.39, 0.29) is 0 Å². The number of nitrogens with one attached hydrogen (secondary N) is 2. The number of aryl methyl sites for hydroxylation is 1. The summed E-state index contributed by atoms with van der Waals surface area (Å²) in [5.41, 5.74) is 0.956. The molecule has 0 atom stereocenters. The van der Waals surface area contributed by atoms with Crippen LogP contribution >= 0.6 is 12.2 Å². The van der Waals surface area contributed by atoms with Gasteiger partial charge in [-0.1, -0.05) is 6.92 Å². The second-order valence-electron chi connectivity index (χ2n) is 4.77. The fourth-order valence-corrected chi connectivity index (χ4v) is 2.29. The van der Waals surface area contributed by atoms with Gasteiger partial charge in [0.25, 0.3) is 0 Å². The van der Waals surface area contributed by atoms with Gasteiger partial charge in [0, 0.05) is 31.4 Å². The zero-order chi connectivity index (χ0) is 13.7. The van der Waals surface area contributed by atoms with E-state index in [0.717, 1.165) is 37.6 Å². The van der Waals surface area contributed by atoms with Crippen LogP contribution in [-0.4, -0.2) is 34.7 Å². The molecule has 19 heavy (non-hydrogen) atoms. The summed E-state index contributed by atoms with van der Waals surface area (Å²) in [5, 5.41) is 6.75. The average molecular weight is 279 g/mol. The molecule has 1 aromatic rings. The maximum Gasteiger partial charge on any atom is 0.231 e. The monoisotopic (exact) mass is 279 g/mol. The van der Waals surface area contributed by atoms with E-state index < -0.39 is 0 Å². The first-order valence-electron chi connectivity index (χ1n) is 6.84. The highest BCUT2D eigenvalue weighted by atomic mass is 32.1. The van der Waals surface area contributed by atoms with Gasteiger partial charge < -0.3 is 15.5 Å². The van der Waals surface area contributed by atoms with Crippen LogP contribution < -0.4 is 15.5 Å². The summed E-state index contributed by atoms with van der Waals surface area (Å²) in [7, 11) is 0. The number of rotatable bonds is 4. The van der Waals surface area contributed by atoms with Crippen LogP contribution in [0.15, 0.2) is 6.07 Å². The van der Waals surface area contributed by atoms with Gasteiger partial charge in [-0.25, -0.2) is 4.98 Å². The van der Waals surface area contributed by atoms with Gasteiger partial charge in [-0.2, -0.15) is 4.98 Å². The molecule has 2 heterocycles. The Kier molecular flexibility index (Phi) is 4.90. The van der Waals surface area contributed by atoms with E-state index in [4.69, 9.17) is 12.2 Å². The molecule has 0 aliphatic carbocycles. The Labute approximate surface area is 119 Å². The lowest BCUT2D eigenvalue weighted by Gasteiger charge is -2.18. The Morgan fingerprint density at radius 2 is 2.11 bits per heavy atom. The van der Waals surface area contributed by atoms with E-state index in [1.807, 2.05) is 13.0 Å². The number of anilines is 2. The van der Waals surface area contributed by atoms with E-state index in [2.05, 4.69) is 32.4 Å². The van der Waals surface area contributed by atoms with Gasteiger partial charge in [-0.15, -0.1) is 0 Å². The molecule has 104 valence electrons. The van der Waals surface area contributed by atoms with Crippen molar-refractivity contribution in [3.8, 4) is 0 Å². The molecule has 0 aromatic carbocycles. The molecule has 0 radical (unpaired) electrons. The molecule has 1 aromatic heterocycles. The zero-order valence-electron chi connectivity index (χ0n) is 11.6. The molecule has 2 N–H and O–H groups in total. The molecule has 1 saturated heterocycles. The first kappa shape index (κ1) is 14.0. The van der Waals surface area contributed by atoms with Crippen molar-refractivity contribution in [1.29, 1.82) is 0 Å². The van der Waals surface area contributed by atoms with Crippen LogP contribution in [0, 0.1) is 6.92 Å². The fourth-order valence-electron chi connectivity index (χ4n) is 2.10. The Morgan fingerprint density at radius 1 is 1.37 bits per heavy atom. The van der Waals surface area contributed by atoms with Crippen molar-refractivity contribution in [2.24, 2.45) is 0 Å². The summed E-state index contributed by atoms with van der Waals surface area (Å²) in [6.07, 6.45) is 3.51.